The van der Waals surface area contributed by atoms with E-state index < -0.39 is 23.6 Å². The van der Waals surface area contributed by atoms with E-state index in [1.165, 1.54) is 0 Å². The summed E-state index contributed by atoms with van der Waals surface area (Å²) in [6, 6.07) is 0.959. The van der Waals surface area contributed by atoms with E-state index in [0.717, 1.165) is 6.07 Å². The second-order valence-corrected chi connectivity index (χ2v) is 3.69. The molecule has 0 spiro atoms. The van der Waals surface area contributed by atoms with E-state index in [-0.39, 0.29) is 11.5 Å². The van der Waals surface area contributed by atoms with Gasteiger partial charge in [-0.15, -0.1) is 0 Å². The minimum atomic E-state index is -1.50. The van der Waals surface area contributed by atoms with Crippen LogP contribution in [0.25, 0.3) is 0 Å². The first kappa shape index (κ1) is 9.52. The van der Waals surface area contributed by atoms with Gasteiger partial charge in [0, 0.05) is 5.56 Å². The number of aliphatic hydroxyl groups is 1. The highest BCUT2D eigenvalue weighted by Gasteiger charge is 2.33. The van der Waals surface area contributed by atoms with Crippen LogP contribution in [0.5, 0.6) is 0 Å². The minimum Gasteiger partial charge on any atom is -0.388 e. The molecular weight excluding hydrogens is 193 g/mol. The maximum absolute atomic E-state index is 13.2. The summed E-state index contributed by atoms with van der Waals surface area (Å²) >= 11 is 0. The SMILES string of the molecule is CC1Cc2cc(F)c(F)c(F)c2C1O. The zero-order chi connectivity index (χ0) is 10.5. The Bertz CT molecular complexity index is 389. The fraction of sp³-hybridized carbons (Fsp3) is 0.400. The van der Waals surface area contributed by atoms with Gasteiger partial charge in [0.2, 0.25) is 0 Å². The van der Waals surface area contributed by atoms with Gasteiger partial charge in [-0.05, 0) is 24.0 Å². The smallest absolute Gasteiger partial charge is 0.194 e. The molecule has 2 unspecified atom stereocenters. The van der Waals surface area contributed by atoms with E-state index >= 15 is 0 Å². The number of benzene rings is 1. The Morgan fingerprint density at radius 2 is 1.93 bits per heavy atom. The summed E-state index contributed by atoms with van der Waals surface area (Å²) in [5.74, 6) is -4.14. The highest BCUT2D eigenvalue weighted by atomic mass is 19.2. The third-order valence-electron chi connectivity index (χ3n) is 2.66. The fourth-order valence-electron chi connectivity index (χ4n) is 1.89. The molecule has 76 valence electrons. The molecule has 0 aliphatic heterocycles. The van der Waals surface area contributed by atoms with E-state index in [9.17, 15) is 18.3 Å². The molecule has 0 aromatic heterocycles. The summed E-state index contributed by atoms with van der Waals surface area (Å²) in [6.45, 7) is 1.71. The van der Waals surface area contributed by atoms with Crippen LogP contribution in [0.2, 0.25) is 0 Å². The molecule has 0 saturated carbocycles. The molecule has 1 aromatic carbocycles. The Kier molecular flexibility index (Phi) is 2.03. The number of halogens is 3. The van der Waals surface area contributed by atoms with Gasteiger partial charge in [0.25, 0.3) is 0 Å². The normalized spacial score (nSPS) is 25.2. The average molecular weight is 202 g/mol. The molecule has 0 heterocycles. The Hall–Kier alpha value is -1.03. The van der Waals surface area contributed by atoms with Crippen LogP contribution in [-0.4, -0.2) is 5.11 Å². The average Bonchev–Trinajstić information content (AvgIpc) is 2.39. The summed E-state index contributed by atoms with van der Waals surface area (Å²) < 4.78 is 38.8. The molecule has 14 heavy (non-hydrogen) atoms. The molecule has 0 bridgehead atoms. The summed E-state index contributed by atoms with van der Waals surface area (Å²) in [6.07, 6.45) is -0.648. The van der Waals surface area contributed by atoms with Crippen molar-refractivity contribution in [3.05, 3.63) is 34.6 Å². The standard InChI is InChI=1S/C10H9F3O/c1-4-2-5-3-6(11)8(12)9(13)7(5)10(4)14/h3-4,10,14H,2H2,1H3. The fourth-order valence-corrected chi connectivity index (χ4v) is 1.89. The predicted octanol–water partition coefficient (Wildman–Crippen LogP) is 2.33. The quantitative estimate of drug-likeness (QED) is 0.640. The summed E-state index contributed by atoms with van der Waals surface area (Å²) in [7, 11) is 0. The van der Waals surface area contributed by atoms with Crippen LogP contribution >= 0.6 is 0 Å². The molecule has 1 aliphatic rings. The Morgan fingerprint density at radius 1 is 1.29 bits per heavy atom. The van der Waals surface area contributed by atoms with Gasteiger partial charge < -0.3 is 5.11 Å². The van der Waals surface area contributed by atoms with Gasteiger partial charge in [-0.25, -0.2) is 13.2 Å². The van der Waals surface area contributed by atoms with Gasteiger partial charge in [0.1, 0.15) is 0 Å². The molecule has 1 N–H and O–H groups in total. The number of fused-ring (bicyclic) bond motifs is 1. The monoisotopic (exact) mass is 202 g/mol. The van der Waals surface area contributed by atoms with Crippen LogP contribution in [0.3, 0.4) is 0 Å². The Labute approximate surface area is 79.2 Å². The van der Waals surface area contributed by atoms with Crippen molar-refractivity contribution in [3.63, 3.8) is 0 Å². The molecule has 2 rings (SSSR count). The second-order valence-electron chi connectivity index (χ2n) is 3.69. The summed E-state index contributed by atoms with van der Waals surface area (Å²) in [4.78, 5) is 0. The van der Waals surface area contributed by atoms with E-state index in [1.54, 1.807) is 6.92 Å². The molecule has 1 nitrogen and oxygen atoms in total. The van der Waals surface area contributed by atoms with Crippen molar-refractivity contribution in [2.24, 2.45) is 5.92 Å². The van der Waals surface area contributed by atoms with Crippen molar-refractivity contribution >= 4 is 0 Å². The molecule has 1 aromatic rings. The van der Waals surface area contributed by atoms with Gasteiger partial charge in [0.15, 0.2) is 17.5 Å². The topological polar surface area (TPSA) is 20.2 Å². The highest BCUT2D eigenvalue weighted by Crippen LogP contribution is 2.38. The lowest BCUT2D eigenvalue weighted by molar-refractivity contribution is 0.128. The minimum absolute atomic E-state index is 0.0867. The molecule has 0 radical (unpaired) electrons. The van der Waals surface area contributed by atoms with E-state index in [2.05, 4.69) is 0 Å². The predicted molar refractivity (Wildman–Crippen MR) is 44.1 cm³/mol. The second kappa shape index (κ2) is 2.98. The van der Waals surface area contributed by atoms with Crippen LogP contribution in [0.1, 0.15) is 24.2 Å². The zero-order valence-corrected chi connectivity index (χ0v) is 7.52. The van der Waals surface area contributed by atoms with Gasteiger partial charge in [-0.3, -0.25) is 0 Å². The van der Waals surface area contributed by atoms with Gasteiger partial charge >= 0.3 is 0 Å². The largest absolute Gasteiger partial charge is 0.388 e. The molecule has 1 aliphatic carbocycles. The van der Waals surface area contributed by atoms with E-state index in [1.807, 2.05) is 0 Å². The molecule has 0 saturated heterocycles. The zero-order valence-electron chi connectivity index (χ0n) is 7.52. The molecule has 4 heteroatoms. The molecule has 2 atom stereocenters. The highest BCUT2D eigenvalue weighted by molar-refractivity contribution is 5.37. The first-order chi connectivity index (χ1) is 6.52. The van der Waals surface area contributed by atoms with Crippen LogP contribution in [-0.2, 0) is 6.42 Å². The van der Waals surface area contributed by atoms with Crippen LogP contribution in [0.4, 0.5) is 13.2 Å². The van der Waals surface area contributed by atoms with Gasteiger partial charge in [-0.2, -0.15) is 0 Å². The van der Waals surface area contributed by atoms with E-state index in [4.69, 9.17) is 0 Å². The van der Waals surface area contributed by atoms with Crippen molar-refractivity contribution in [3.8, 4) is 0 Å². The van der Waals surface area contributed by atoms with Crippen molar-refractivity contribution < 1.29 is 18.3 Å². The Morgan fingerprint density at radius 3 is 2.57 bits per heavy atom. The maximum atomic E-state index is 13.2. The number of rotatable bonds is 0. The molecule has 0 fully saturated rings. The third kappa shape index (κ3) is 1.14. The number of aliphatic hydroxyl groups excluding tert-OH is 1. The van der Waals surface area contributed by atoms with E-state index in [0.29, 0.717) is 12.0 Å². The van der Waals surface area contributed by atoms with Gasteiger partial charge in [0.05, 0.1) is 6.10 Å². The van der Waals surface area contributed by atoms with Crippen LogP contribution in [0.15, 0.2) is 6.07 Å². The summed E-state index contributed by atoms with van der Waals surface area (Å²) in [5, 5.41) is 9.52. The number of hydrogen-bond acceptors (Lipinski definition) is 1. The van der Waals surface area contributed by atoms with Crippen molar-refractivity contribution in [2.75, 3.05) is 0 Å². The lowest BCUT2D eigenvalue weighted by Crippen LogP contribution is -2.05. The Balaban J connectivity index is 2.65. The third-order valence-corrected chi connectivity index (χ3v) is 2.66. The van der Waals surface area contributed by atoms with Crippen molar-refractivity contribution in [1.29, 1.82) is 0 Å². The lowest BCUT2D eigenvalue weighted by Gasteiger charge is -2.09. The maximum Gasteiger partial charge on any atom is 0.194 e. The summed E-state index contributed by atoms with van der Waals surface area (Å²) in [5.41, 5.74) is 0.276. The number of hydrogen-bond donors (Lipinski definition) is 1. The lowest BCUT2D eigenvalue weighted by atomic mass is 10.1. The van der Waals surface area contributed by atoms with Crippen molar-refractivity contribution in [1.82, 2.24) is 0 Å². The first-order valence-corrected chi connectivity index (χ1v) is 4.36. The molecule has 0 amide bonds. The first-order valence-electron chi connectivity index (χ1n) is 4.36. The van der Waals surface area contributed by atoms with Crippen LogP contribution < -0.4 is 0 Å². The molecular formula is C10H9F3O. The van der Waals surface area contributed by atoms with Gasteiger partial charge in [-0.1, -0.05) is 6.92 Å². The van der Waals surface area contributed by atoms with Crippen LogP contribution in [0, 0.1) is 23.4 Å². The van der Waals surface area contributed by atoms with Crippen molar-refractivity contribution in [2.45, 2.75) is 19.4 Å².